The Kier molecular flexibility index (Phi) is 12.4. The van der Waals surface area contributed by atoms with E-state index in [4.69, 9.17) is 19.9 Å². The van der Waals surface area contributed by atoms with Gasteiger partial charge in [0.15, 0.2) is 0 Å². The highest BCUT2D eigenvalue weighted by Gasteiger charge is 2.27. The fourth-order valence-corrected chi connectivity index (χ4v) is 5.16. The van der Waals surface area contributed by atoms with E-state index in [0.29, 0.717) is 16.6 Å². The first kappa shape index (κ1) is 39.8. The van der Waals surface area contributed by atoms with Crippen molar-refractivity contribution >= 4 is 40.6 Å². The minimum atomic E-state index is -1.16. The number of carbonyl (C=O) groups excluding carboxylic acids is 4. The molecule has 53 heavy (non-hydrogen) atoms. The summed E-state index contributed by atoms with van der Waals surface area (Å²) >= 11 is 0. The summed E-state index contributed by atoms with van der Waals surface area (Å²) in [5, 5.41) is 5.62. The number of aromatic nitrogens is 2. The van der Waals surface area contributed by atoms with E-state index in [2.05, 4.69) is 10.6 Å². The largest absolute Gasteiger partial charge is 0.487 e. The number of allylic oxidation sites excluding steroid dienone is 1. The van der Waals surface area contributed by atoms with Crippen molar-refractivity contribution in [3.63, 3.8) is 0 Å². The third kappa shape index (κ3) is 11.2. The zero-order valence-corrected chi connectivity index (χ0v) is 30.3. The number of rotatable bonds is 12. The molecule has 3 amide bonds. The Balaban J connectivity index is 1.67. The smallest absolute Gasteiger partial charge is 0.419 e. The zero-order chi connectivity index (χ0) is 39.1. The first-order chi connectivity index (χ1) is 24.8. The maximum absolute atomic E-state index is 14.4. The lowest BCUT2D eigenvalue weighted by atomic mass is 10.1. The lowest BCUT2D eigenvalue weighted by Gasteiger charge is -2.23. The van der Waals surface area contributed by atoms with Gasteiger partial charge in [0, 0.05) is 23.2 Å². The van der Waals surface area contributed by atoms with Crippen molar-refractivity contribution < 1.29 is 42.2 Å². The van der Waals surface area contributed by atoms with E-state index < -0.39 is 58.4 Å². The summed E-state index contributed by atoms with van der Waals surface area (Å²) in [6.07, 6.45) is 2.66. The Morgan fingerprint density at radius 3 is 2.32 bits per heavy atom. The number of hydrogen-bond donors (Lipinski definition) is 3. The van der Waals surface area contributed by atoms with E-state index in [9.17, 15) is 32.8 Å². The molecule has 4 rings (SSSR count). The zero-order valence-electron chi connectivity index (χ0n) is 30.3. The minimum Gasteiger partial charge on any atom is -0.487 e. The van der Waals surface area contributed by atoms with Crippen LogP contribution in [0.25, 0.3) is 10.9 Å². The van der Waals surface area contributed by atoms with Crippen molar-refractivity contribution in [1.82, 2.24) is 14.5 Å². The van der Waals surface area contributed by atoms with E-state index in [-0.39, 0.29) is 43.0 Å². The van der Waals surface area contributed by atoms with Crippen LogP contribution < -0.4 is 26.7 Å². The van der Waals surface area contributed by atoms with Gasteiger partial charge in [-0.25, -0.2) is 22.9 Å². The van der Waals surface area contributed by atoms with Crippen molar-refractivity contribution in [1.29, 1.82) is 0 Å². The van der Waals surface area contributed by atoms with Crippen LogP contribution in [0.4, 0.5) is 24.1 Å². The van der Waals surface area contributed by atoms with Gasteiger partial charge in [0.2, 0.25) is 11.8 Å². The standard InChI is InChI=1S/C38H43F2N5O8/c1-37(2,3)52-35(49)43-28(12-7-8-15-31(41)46)33(47)42-29-13-10-18-44(34(29)48)21-26-19-23-11-9-14-30(32(23)45(26)36(50)53-38(4,5)6)51-22-24-16-17-25(39)20-27(24)40/h8-11,13-20,28H,7,12,21-22H2,1-6H3,(H2,41,46)(H,42,47)(H,43,49)/b15-8+/t28-/m0/s1. The molecule has 0 fully saturated rings. The SMILES string of the molecule is CC(C)(C)OC(=O)N[C@@H](CC/C=C/C(N)=O)C(=O)Nc1cccn(Cc2cc3cccc(OCc4ccc(F)cc4F)c3n2C(=O)OC(C)(C)C)c1=O. The summed E-state index contributed by atoms with van der Waals surface area (Å²) in [5.41, 5.74) is 3.34. The van der Waals surface area contributed by atoms with Gasteiger partial charge in [-0.1, -0.05) is 18.2 Å². The van der Waals surface area contributed by atoms with Gasteiger partial charge in [-0.2, -0.15) is 0 Å². The molecule has 0 saturated heterocycles. The normalized spacial score (nSPS) is 12.4. The van der Waals surface area contributed by atoms with Gasteiger partial charge in [-0.05, 0) is 96.9 Å². The van der Waals surface area contributed by atoms with Gasteiger partial charge >= 0.3 is 12.2 Å². The molecule has 0 spiro atoms. The monoisotopic (exact) mass is 735 g/mol. The lowest BCUT2D eigenvalue weighted by molar-refractivity contribution is -0.118. The van der Waals surface area contributed by atoms with Crippen LogP contribution in [0.15, 0.2) is 77.7 Å². The molecule has 13 nitrogen and oxygen atoms in total. The molecule has 0 aliphatic rings. The molecule has 1 atom stereocenters. The number of carbonyl (C=O) groups is 4. The minimum absolute atomic E-state index is 0.0457. The molecular weight excluding hydrogens is 692 g/mol. The maximum Gasteiger partial charge on any atom is 0.419 e. The van der Waals surface area contributed by atoms with Crippen molar-refractivity contribution in [2.45, 2.75) is 84.8 Å². The number of nitrogens with zero attached hydrogens (tertiary/aromatic N) is 2. The number of anilines is 1. The van der Waals surface area contributed by atoms with Crippen LogP contribution in [-0.4, -0.2) is 50.4 Å². The quantitative estimate of drug-likeness (QED) is 0.146. The van der Waals surface area contributed by atoms with Crippen molar-refractivity contribution in [2.24, 2.45) is 5.73 Å². The second-order valence-electron chi connectivity index (χ2n) is 14.1. The van der Waals surface area contributed by atoms with Crippen LogP contribution in [-0.2, 0) is 32.2 Å². The molecule has 0 aliphatic heterocycles. The number of nitrogens with two attached hydrogens (primary N) is 1. The third-order valence-electron chi connectivity index (χ3n) is 7.36. The Bertz CT molecular complexity index is 2090. The number of hydrogen-bond acceptors (Lipinski definition) is 8. The molecule has 282 valence electrons. The fourth-order valence-electron chi connectivity index (χ4n) is 5.16. The molecule has 0 bridgehead atoms. The van der Waals surface area contributed by atoms with Gasteiger partial charge in [0.25, 0.3) is 5.56 Å². The molecule has 2 heterocycles. The molecule has 4 N–H and O–H groups in total. The highest BCUT2D eigenvalue weighted by Crippen LogP contribution is 2.31. The van der Waals surface area contributed by atoms with E-state index in [1.54, 1.807) is 65.8 Å². The number of pyridine rings is 1. The molecule has 0 saturated carbocycles. The summed E-state index contributed by atoms with van der Waals surface area (Å²) in [6.45, 7) is 9.63. The summed E-state index contributed by atoms with van der Waals surface area (Å²) < 4.78 is 47.4. The molecule has 0 unspecified atom stereocenters. The van der Waals surface area contributed by atoms with Gasteiger partial charge in [0.05, 0.1) is 12.2 Å². The number of amides is 3. The topological polar surface area (TPSA) is 173 Å². The Morgan fingerprint density at radius 1 is 0.943 bits per heavy atom. The van der Waals surface area contributed by atoms with Crippen LogP contribution in [0.5, 0.6) is 5.75 Å². The number of alkyl carbamates (subject to hydrolysis) is 1. The highest BCUT2D eigenvalue weighted by molar-refractivity contribution is 5.97. The fraction of sp³-hybridized carbons (Fsp3) is 0.342. The van der Waals surface area contributed by atoms with Crippen LogP contribution in [0, 0.1) is 11.6 Å². The van der Waals surface area contributed by atoms with Crippen LogP contribution in [0.3, 0.4) is 0 Å². The van der Waals surface area contributed by atoms with E-state index >= 15 is 0 Å². The maximum atomic E-state index is 14.4. The Labute approximate surface area is 304 Å². The van der Waals surface area contributed by atoms with Gasteiger partial charge in [0.1, 0.15) is 52.4 Å². The Hall–Kier alpha value is -5.99. The van der Waals surface area contributed by atoms with Gasteiger partial charge < -0.3 is 35.1 Å². The van der Waals surface area contributed by atoms with Gasteiger partial charge in [-0.15, -0.1) is 0 Å². The van der Waals surface area contributed by atoms with Gasteiger partial charge in [-0.3, -0.25) is 14.4 Å². The van der Waals surface area contributed by atoms with E-state index in [0.717, 1.165) is 18.2 Å². The molecule has 2 aromatic heterocycles. The Morgan fingerprint density at radius 2 is 1.66 bits per heavy atom. The van der Waals surface area contributed by atoms with Crippen molar-refractivity contribution in [3.8, 4) is 5.75 Å². The number of fused-ring (bicyclic) bond motifs is 1. The molecule has 4 aromatic rings. The summed E-state index contributed by atoms with van der Waals surface area (Å²) in [4.78, 5) is 64.6. The number of primary amides is 1. The number of ether oxygens (including phenoxy) is 3. The molecule has 0 radical (unpaired) electrons. The predicted octanol–water partition coefficient (Wildman–Crippen LogP) is 6.15. The first-order valence-electron chi connectivity index (χ1n) is 16.7. The second-order valence-corrected chi connectivity index (χ2v) is 14.1. The predicted molar refractivity (Wildman–Crippen MR) is 193 cm³/mol. The van der Waals surface area contributed by atoms with Crippen LogP contribution in [0.2, 0.25) is 0 Å². The number of para-hydroxylation sites is 1. The van der Waals surface area contributed by atoms with E-state index in [1.165, 1.54) is 39.6 Å². The molecule has 0 aliphatic carbocycles. The number of nitrogens with one attached hydrogen (secondary N) is 2. The van der Waals surface area contributed by atoms with Crippen LogP contribution in [0.1, 0.15) is 65.6 Å². The first-order valence-corrected chi connectivity index (χ1v) is 16.7. The second kappa shape index (κ2) is 16.6. The number of halogens is 2. The lowest BCUT2D eigenvalue weighted by Crippen LogP contribution is -2.46. The highest BCUT2D eigenvalue weighted by atomic mass is 19.1. The average molecular weight is 736 g/mol. The van der Waals surface area contributed by atoms with Crippen molar-refractivity contribution in [3.05, 3.63) is 106 Å². The summed E-state index contributed by atoms with van der Waals surface area (Å²) in [5.74, 6) is -2.72. The molecule has 2 aromatic carbocycles. The van der Waals surface area contributed by atoms with E-state index in [1.807, 2.05) is 0 Å². The van der Waals surface area contributed by atoms with Crippen LogP contribution >= 0.6 is 0 Å². The molecule has 15 heteroatoms. The van der Waals surface area contributed by atoms with Crippen molar-refractivity contribution in [2.75, 3.05) is 5.32 Å². The molecular formula is C38H43F2N5O8. The summed E-state index contributed by atoms with van der Waals surface area (Å²) in [7, 11) is 0. The number of benzene rings is 2. The summed E-state index contributed by atoms with van der Waals surface area (Å²) in [6, 6.07) is 11.5. The average Bonchev–Trinajstić information content (AvgIpc) is 3.41. The third-order valence-corrected chi connectivity index (χ3v) is 7.36.